The zero-order chi connectivity index (χ0) is 40.6. The SMILES string of the molecule is C=C1CCC(N2C(=O)c3ccc(N4CCC(CN5CCN(CCOc6ccc([C@@H]7c8ccc(O)cc8CC[C@@H]7c7ccc(F)cc7)cc6)CC5)CC4)cc3C2=O)C(=O)N1. The van der Waals surface area contributed by atoms with E-state index >= 15 is 0 Å². The van der Waals surface area contributed by atoms with Crippen molar-refractivity contribution in [3.05, 3.63) is 136 Å². The van der Waals surface area contributed by atoms with E-state index in [1.54, 1.807) is 24.3 Å². The fraction of sp³-hybridized carbons (Fsp3) is 0.396. The Balaban J connectivity index is 0.724. The van der Waals surface area contributed by atoms with Crippen LogP contribution in [-0.4, -0.2) is 103 Å². The van der Waals surface area contributed by atoms with Crippen molar-refractivity contribution in [1.29, 1.82) is 0 Å². The topological polar surface area (TPSA) is 106 Å². The van der Waals surface area contributed by atoms with Crippen molar-refractivity contribution in [2.45, 2.75) is 56.4 Å². The van der Waals surface area contributed by atoms with Gasteiger partial charge < -0.3 is 25.0 Å². The zero-order valence-corrected chi connectivity index (χ0v) is 33.5. The molecule has 4 aromatic carbocycles. The van der Waals surface area contributed by atoms with Gasteiger partial charge in [-0.2, -0.15) is 0 Å². The first-order valence-corrected chi connectivity index (χ1v) is 21.2. The highest BCUT2D eigenvalue weighted by Crippen LogP contribution is 2.47. The van der Waals surface area contributed by atoms with Crippen LogP contribution in [0.1, 0.15) is 86.9 Å². The number of anilines is 1. The van der Waals surface area contributed by atoms with Crippen molar-refractivity contribution in [2.24, 2.45) is 5.92 Å². The summed E-state index contributed by atoms with van der Waals surface area (Å²) < 4.78 is 20.0. The van der Waals surface area contributed by atoms with Crippen LogP contribution in [0.25, 0.3) is 0 Å². The minimum atomic E-state index is -0.804. The number of allylic oxidation sites excluding steroid dienone is 1. The summed E-state index contributed by atoms with van der Waals surface area (Å²) in [5, 5.41) is 12.9. The Kier molecular flexibility index (Phi) is 11.0. The van der Waals surface area contributed by atoms with Gasteiger partial charge in [-0.1, -0.05) is 36.9 Å². The monoisotopic (exact) mass is 797 g/mol. The van der Waals surface area contributed by atoms with Gasteiger partial charge in [-0.15, -0.1) is 0 Å². The molecule has 3 amide bonds. The van der Waals surface area contributed by atoms with Gasteiger partial charge >= 0.3 is 0 Å². The van der Waals surface area contributed by atoms with Gasteiger partial charge in [0, 0.05) is 69.7 Å². The summed E-state index contributed by atoms with van der Waals surface area (Å²) >= 11 is 0. The lowest BCUT2D eigenvalue weighted by atomic mass is 9.69. The average molecular weight is 798 g/mol. The van der Waals surface area contributed by atoms with Crippen molar-refractivity contribution < 1.29 is 28.6 Å². The van der Waals surface area contributed by atoms with Crippen LogP contribution in [-0.2, 0) is 11.2 Å². The first-order valence-electron chi connectivity index (χ1n) is 21.2. The Labute approximate surface area is 345 Å². The number of phenolic OH excluding ortho intramolecular Hbond substituents is 1. The largest absolute Gasteiger partial charge is 0.508 e. The van der Waals surface area contributed by atoms with Crippen LogP contribution in [0.3, 0.4) is 0 Å². The molecule has 0 aromatic heterocycles. The number of imide groups is 1. The van der Waals surface area contributed by atoms with Crippen LogP contribution < -0.4 is 15.0 Å². The number of carbonyl (C=O) groups excluding carboxylic acids is 3. The molecule has 0 saturated carbocycles. The lowest BCUT2D eigenvalue weighted by Crippen LogP contribution is -2.51. The molecular weight excluding hydrogens is 746 g/mol. The number of amides is 3. The van der Waals surface area contributed by atoms with Crippen molar-refractivity contribution >= 4 is 23.4 Å². The Morgan fingerprint density at radius 1 is 0.746 bits per heavy atom. The molecule has 0 bridgehead atoms. The minimum Gasteiger partial charge on any atom is -0.508 e. The van der Waals surface area contributed by atoms with Crippen LogP contribution in [0.2, 0.25) is 0 Å². The van der Waals surface area contributed by atoms with E-state index in [2.05, 4.69) is 50.9 Å². The number of nitrogens with one attached hydrogen (secondary N) is 1. The van der Waals surface area contributed by atoms with Gasteiger partial charge in [-0.05, 0) is 127 Å². The van der Waals surface area contributed by atoms with Crippen LogP contribution >= 0.6 is 0 Å². The van der Waals surface area contributed by atoms with Gasteiger partial charge in [0.25, 0.3) is 11.8 Å². The molecule has 4 aromatic rings. The number of benzene rings is 4. The molecule has 4 heterocycles. The van der Waals surface area contributed by atoms with Gasteiger partial charge in [0.1, 0.15) is 30.0 Å². The maximum Gasteiger partial charge on any atom is 0.262 e. The first kappa shape index (κ1) is 39.0. The van der Waals surface area contributed by atoms with Crippen molar-refractivity contribution in [3.8, 4) is 11.5 Å². The maximum absolute atomic E-state index is 13.8. The van der Waals surface area contributed by atoms with E-state index in [-0.39, 0.29) is 29.3 Å². The molecule has 1 unspecified atom stereocenters. The minimum absolute atomic E-state index is 0.0972. The third kappa shape index (κ3) is 8.10. The second kappa shape index (κ2) is 16.6. The Morgan fingerprint density at radius 2 is 1.46 bits per heavy atom. The summed E-state index contributed by atoms with van der Waals surface area (Å²) in [7, 11) is 0. The predicted octanol–water partition coefficient (Wildman–Crippen LogP) is 6.69. The van der Waals surface area contributed by atoms with Crippen molar-refractivity contribution in [3.63, 3.8) is 0 Å². The molecule has 306 valence electrons. The quantitative estimate of drug-likeness (QED) is 0.171. The average Bonchev–Trinajstić information content (AvgIpc) is 3.49. The summed E-state index contributed by atoms with van der Waals surface area (Å²) in [6.45, 7) is 12.3. The zero-order valence-electron chi connectivity index (χ0n) is 33.5. The van der Waals surface area contributed by atoms with E-state index in [4.69, 9.17) is 4.74 Å². The molecule has 11 heteroatoms. The number of hydrogen-bond donors (Lipinski definition) is 2. The Morgan fingerprint density at radius 3 is 2.20 bits per heavy atom. The fourth-order valence-electron chi connectivity index (χ4n) is 10.0. The highest BCUT2D eigenvalue weighted by molar-refractivity contribution is 6.23. The van der Waals surface area contributed by atoms with Gasteiger partial charge in [0.05, 0.1) is 11.1 Å². The highest BCUT2D eigenvalue weighted by Gasteiger charge is 2.44. The summed E-state index contributed by atoms with van der Waals surface area (Å²) in [6, 6.07) is 25.7. The molecule has 3 saturated heterocycles. The highest BCUT2D eigenvalue weighted by atomic mass is 19.1. The van der Waals surface area contributed by atoms with E-state index in [0.717, 1.165) is 99.9 Å². The molecule has 0 radical (unpaired) electrons. The lowest BCUT2D eigenvalue weighted by Gasteiger charge is -2.39. The standard InChI is InChI=1S/C48H52FN5O5/c1-31-2-17-44(46(56)50-31)54-47(57)42-15-10-37(29-43(42)48(54)58)53-20-18-32(19-21-53)30-52-24-22-51(23-25-52)26-27-59-39-12-5-34(6-13-39)45-40(33-3-8-36(49)9-4-33)14-7-35-28-38(55)11-16-41(35)45/h3-6,8-13,15-16,28-29,32,40,44-45,55H,1-2,7,14,17-27,30H2,(H,50,56)/t40-,44?,45+/m1/s1. The fourth-order valence-corrected chi connectivity index (χ4v) is 10.0. The molecule has 5 aliphatic rings. The molecule has 2 N–H and O–H groups in total. The number of nitrogens with zero attached hydrogens (tertiary/aromatic N) is 4. The number of hydrogen-bond acceptors (Lipinski definition) is 8. The van der Waals surface area contributed by atoms with Gasteiger partial charge in [0.15, 0.2) is 0 Å². The summed E-state index contributed by atoms with van der Waals surface area (Å²) in [5.74, 6) is 0.677. The van der Waals surface area contributed by atoms with Gasteiger partial charge in [-0.25, -0.2) is 4.39 Å². The number of ether oxygens (including phenoxy) is 1. The summed E-state index contributed by atoms with van der Waals surface area (Å²) in [6.07, 6.45) is 4.86. The number of fused-ring (bicyclic) bond motifs is 2. The van der Waals surface area contributed by atoms with Crippen LogP contribution in [0, 0.1) is 11.7 Å². The molecule has 3 fully saturated rings. The summed E-state index contributed by atoms with van der Waals surface area (Å²) in [4.78, 5) is 47.7. The smallest absolute Gasteiger partial charge is 0.262 e. The van der Waals surface area contributed by atoms with E-state index in [9.17, 15) is 23.9 Å². The summed E-state index contributed by atoms with van der Waals surface area (Å²) in [5.41, 5.74) is 7.00. The first-order chi connectivity index (χ1) is 28.7. The second-order valence-corrected chi connectivity index (χ2v) is 16.9. The van der Waals surface area contributed by atoms with Gasteiger partial charge in [0.2, 0.25) is 5.91 Å². The number of aromatic hydroxyl groups is 1. The second-order valence-electron chi connectivity index (χ2n) is 16.9. The lowest BCUT2D eigenvalue weighted by molar-refractivity contribution is -0.125. The third-order valence-electron chi connectivity index (χ3n) is 13.3. The molecule has 9 rings (SSSR count). The van der Waals surface area contributed by atoms with Crippen LogP contribution in [0.15, 0.2) is 97.2 Å². The molecule has 3 atom stereocenters. The van der Waals surface area contributed by atoms with E-state index in [0.29, 0.717) is 42.2 Å². The molecular formula is C48H52FN5O5. The van der Waals surface area contributed by atoms with Crippen LogP contribution in [0.4, 0.5) is 10.1 Å². The van der Waals surface area contributed by atoms with Gasteiger partial charge in [-0.3, -0.25) is 24.2 Å². The number of rotatable bonds is 10. The van der Waals surface area contributed by atoms with Crippen molar-refractivity contribution in [1.82, 2.24) is 20.0 Å². The number of piperazine rings is 1. The molecule has 59 heavy (non-hydrogen) atoms. The molecule has 0 spiro atoms. The number of aryl methyl sites for hydroxylation is 1. The third-order valence-corrected chi connectivity index (χ3v) is 13.3. The number of piperidine rings is 2. The van der Waals surface area contributed by atoms with Crippen LogP contribution in [0.5, 0.6) is 11.5 Å². The van der Waals surface area contributed by atoms with E-state index in [1.165, 1.54) is 16.7 Å². The number of halogens is 1. The molecule has 4 aliphatic heterocycles. The molecule has 1 aliphatic carbocycles. The Bertz CT molecular complexity index is 2230. The Hall–Kier alpha value is -5.52. The maximum atomic E-state index is 13.8. The predicted molar refractivity (Wildman–Crippen MR) is 224 cm³/mol. The number of phenols is 1. The molecule has 10 nitrogen and oxygen atoms in total. The number of carbonyl (C=O) groups is 3. The van der Waals surface area contributed by atoms with Crippen molar-refractivity contribution in [2.75, 3.05) is 63.9 Å². The normalized spacial score (nSPS) is 23.0. The van der Waals surface area contributed by atoms with E-state index < -0.39 is 17.9 Å². The van der Waals surface area contributed by atoms with E-state index in [1.807, 2.05) is 36.4 Å².